The van der Waals surface area contributed by atoms with Crippen LogP contribution in [0.1, 0.15) is 31.6 Å². The minimum Gasteiger partial charge on any atom is -0.391 e. The highest BCUT2D eigenvalue weighted by Gasteiger charge is 2.33. The quantitative estimate of drug-likeness (QED) is 0.926. The van der Waals surface area contributed by atoms with Crippen molar-refractivity contribution < 1.29 is 13.5 Å². The van der Waals surface area contributed by atoms with Crippen molar-refractivity contribution in [2.45, 2.75) is 38.2 Å². The maximum Gasteiger partial charge on any atom is 0.244 e. The molecular formula is C12H19NO3S2. The van der Waals surface area contributed by atoms with Crippen LogP contribution < -0.4 is 0 Å². The number of sulfonamides is 1. The Hall–Kier alpha value is -0.430. The number of hydrogen-bond acceptors (Lipinski definition) is 4. The first kappa shape index (κ1) is 14.0. The van der Waals surface area contributed by atoms with Crippen LogP contribution in [0.25, 0.3) is 0 Å². The molecule has 0 aromatic carbocycles. The molecule has 6 heteroatoms. The van der Waals surface area contributed by atoms with Gasteiger partial charge in [-0.1, -0.05) is 13.8 Å². The lowest BCUT2D eigenvalue weighted by molar-refractivity contribution is 0.195. The van der Waals surface area contributed by atoms with Crippen LogP contribution in [0.2, 0.25) is 0 Å². The van der Waals surface area contributed by atoms with Gasteiger partial charge in [0.2, 0.25) is 10.0 Å². The fourth-order valence-corrected chi connectivity index (χ4v) is 4.85. The third-order valence-electron chi connectivity index (χ3n) is 3.54. The molecule has 1 aliphatic rings. The number of aliphatic hydroxyl groups excluding tert-OH is 1. The fourth-order valence-electron chi connectivity index (χ4n) is 2.14. The molecule has 0 unspecified atom stereocenters. The van der Waals surface area contributed by atoms with Crippen molar-refractivity contribution in [3.05, 3.63) is 16.3 Å². The summed E-state index contributed by atoms with van der Waals surface area (Å²) in [6, 6.07) is 1.59. The van der Waals surface area contributed by atoms with Crippen LogP contribution in [0.4, 0.5) is 0 Å². The Labute approximate surface area is 112 Å². The molecule has 1 aliphatic heterocycles. The van der Waals surface area contributed by atoms with Gasteiger partial charge in [-0.15, -0.1) is 11.3 Å². The van der Waals surface area contributed by atoms with Gasteiger partial charge in [0.15, 0.2) is 0 Å². The van der Waals surface area contributed by atoms with Crippen molar-refractivity contribution in [1.29, 1.82) is 0 Å². The Morgan fingerprint density at radius 3 is 2.56 bits per heavy atom. The predicted molar refractivity (Wildman–Crippen MR) is 72.0 cm³/mol. The maximum atomic E-state index is 12.5. The predicted octanol–water partition coefficient (Wildman–Crippen LogP) is 2.05. The molecule has 1 N–H and O–H groups in total. The smallest absolute Gasteiger partial charge is 0.244 e. The van der Waals surface area contributed by atoms with Crippen molar-refractivity contribution in [2.24, 2.45) is 5.41 Å². The van der Waals surface area contributed by atoms with Gasteiger partial charge in [-0.05, 0) is 29.7 Å². The van der Waals surface area contributed by atoms with E-state index in [1.54, 1.807) is 15.8 Å². The number of hydrogen-bond donors (Lipinski definition) is 1. The lowest BCUT2D eigenvalue weighted by Crippen LogP contribution is -2.41. The topological polar surface area (TPSA) is 57.6 Å². The zero-order chi connectivity index (χ0) is 13.4. The van der Waals surface area contributed by atoms with E-state index in [9.17, 15) is 13.5 Å². The van der Waals surface area contributed by atoms with Crippen LogP contribution in [0, 0.1) is 5.41 Å². The Morgan fingerprint density at radius 1 is 1.39 bits per heavy atom. The molecule has 18 heavy (non-hydrogen) atoms. The molecule has 2 rings (SSSR count). The fraction of sp³-hybridized carbons (Fsp3) is 0.667. The summed E-state index contributed by atoms with van der Waals surface area (Å²) >= 11 is 1.28. The Morgan fingerprint density at radius 2 is 2.00 bits per heavy atom. The highest BCUT2D eigenvalue weighted by atomic mass is 32.2. The zero-order valence-electron chi connectivity index (χ0n) is 10.7. The first-order valence-electron chi connectivity index (χ1n) is 6.04. The van der Waals surface area contributed by atoms with Gasteiger partial charge < -0.3 is 5.11 Å². The number of thiophene rings is 1. The van der Waals surface area contributed by atoms with Crippen LogP contribution >= 0.6 is 11.3 Å². The number of aliphatic hydroxyl groups is 1. The molecule has 0 spiro atoms. The van der Waals surface area contributed by atoms with E-state index < -0.39 is 10.0 Å². The third-order valence-corrected chi connectivity index (χ3v) is 6.56. The lowest BCUT2D eigenvalue weighted by atomic mass is 9.83. The number of piperidine rings is 1. The van der Waals surface area contributed by atoms with Crippen molar-refractivity contribution in [1.82, 2.24) is 4.31 Å². The second-order valence-corrected chi connectivity index (χ2v) is 8.34. The monoisotopic (exact) mass is 289 g/mol. The van der Waals surface area contributed by atoms with E-state index in [-0.39, 0.29) is 16.9 Å². The minimum absolute atomic E-state index is 0.217. The molecule has 102 valence electrons. The largest absolute Gasteiger partial charge is 0.391 e. The van der Waals surface area contributed by atoms with Crippen LogP contribution in [-0.2, 0) is 16.6 Å². The van der Waals surface area contributed by atoms with Crippen molar-refractivity contribution in [2.75, 3.05) is 13.1 Å². The Kier molecular flexibility index (Phi) is 3.82. The number of nitrogens with zero attached hydrogens (tertiary/aromatic N) is 1. The van der Waals surface area contributed by atoms with Gasteiger partial charge >= 0.3 is 0 Å². The molecule has 0 radical (unpaired) electrons. The molecule has 1 saturated heterocycles. The molecule has 4 nitrogen and oxygen atoms in total. The molecule has 0 atom stereocenters. The summed E-state index contributed by atoms with van der Waals surface area (Å²) in [6.45, 7) is 5.25. The Bertz CT molecular complexity index is 509. The highest BCUT2D eigenvalue weighted by molar-refractivity contribution is 7.89. The highest BCUT2D eigenvalue weighted by Crippen LogP contribution is 2.33. The van der Waals surface area contributed by atoms with Crippen molar-refractivity contribution in [3.8, 4) is 0 Å². The van der Waals surface area contributed by atoms with Gasteiger partial charge in [0, 0.05) is 18.0 Å². The second-order valence-electron chi connectivity index (χ2n) is 5.43. The summed E-state index contributed by atoms with van der Waals surface area (Å²) < 4.78 is 26.5. The van der Waals surface area contributed by atoms with Crippen LogP contribution in [0.15, 0.2) is 16.3 Å². The summed E-state index contributed by atoms with van der Waals surface area (Å²) in [6.07, 6.45) is 1.76. The molecule has 2 heterocycles. The molecule has 1 fully saturated rings. The van der Waals surface area contributed by atoms with Gasteiger partial charge in [-0.25, -0.2) is 8.42 Å². The molecule has 0 aliphatic carbocycles. The average molecular weight is 289 g/mol. The normalized spacial score (nSPS) is 21.1. The van der Waals surface area contributed by atoms with E-state index in [1.807, 2.05) is 0 Å². The van der Waals surface area contributed by atoms with Crippen molar-refractivity contribution >= 4 is 21.4 Å². The molecule has 0 saturated carbocycles. The van der Waals surface area contributed by atoms with E-state index in [0.717, 1.165) is 12.8 Å². The van der Waals surface area contributed by atoms with Crippen LogP contribution in [-0.4, -0.2) is 30.9 Å². The summed E-state index contributed by atoms with van der Waals surface area (Å²) in [5.74, 6) is 0. The first-order chi connectivity index (χ1) is 8.37. The Balaban J connectivity index is 2.23. The van der Waals surface area contributed by atoms with Gasteiger partial charge in [-0.2, -0.15) is 4.31 Å². The lowest BCUT2D eigenvalue weighted by Gasteiger charge is -2.36. The summed E-state index contributed by atoms with van der Waals surface area (Å²) in [5.41, 5.74) is 0.223. The molecule has 1 aromatic rings. The molecule has 1 aromatic heterocycles. The van der Waals surface area contributed by atoms with E-state index in [2.05, 4.69) is 13.8 Å². The molecule has 0 bridgehead atoms. The second kappa shape index (κ2) is 4.92. The maximum absolute atomic E-state index is 12.5. The molecular weight excluding hydrogens is 270 g/mol. The SMILES string of the molecule is CC1(C)CCN(S(=O)(=O)c2ccsc2CO)CC1. The van der Waals surface area contributed by atoms with Crippen molar-refractivity contribution in [3.63, 3.8) is 0 Å². The van der Waals surface area contributed by atoms with Gasteiger partial charge in [0.05, 0.1) is 11.5 Å². The van der Waals surface area contributed by atoms with E-state index in [0.29, 0.717) is 18.0 Å². The third kappa shape index (κ3) is 2.61. The van der Waals surface area contributed by atoms with E-state index in [1.165, 1.54) is 11.3 Å². The van der Waals surface area contributed by atoms with Gasteiger partial charge in [0.25, 0.3) is 0 Å². The summed E-state index contributed by atoms with van der Waals surface area (Å²) in [4.78, 5) is 0.800. The first-order valence-corrected chi connectivity index (χ1v) is 8.36. The molecule has 0 amide bonds. The average Bonchev–Trinajstić information content (AvgIpc) is 2.77. The van der Waals surface area contributed by atoms with Gasteiger partial charge in [0.1, 0.15) is 0 Å². The standard InChI is InChI=1S/C12H19NO3S2/c1-12(2)4-6-13(7-5-12)18(15,16)11-3-8-17-10(11)9-14/h3,8,14H,4-7,9H2,1-2H3. The van der Waals surface area contributed by atoms with Crippen LogP contribution in [0.3, 0.4) is 0 Å². The van der Waals surface area contributed by atoms with Gasteiger partial charge in [-0.3, -0.25) is 0 Å². The van der Waals surface area contributed by atoms with E-state index >= 15 is 0 Å². The summed E-state index contributed by atoms with van der Waals surface area (Å²) in [7, 11) is -3.43. The number of rotatable bonds is 3. The van der Waals surface area contributed by atoms with Crippen LogP contribution in [0.5, 0.6) is 0 Å². The van der Waals surface area contributed by atoms with E-state index in [4.69, 9.17) is 0 Å². The summed E-state index contributed by atoms with van der Waals surface area (Å²) in [5, 5.41) is 10.9. The zero-order valence-corrected chi connectivity index (χ0v) is 12.4. The minimum atomic E-state index is -3.43.